The normalized spacial score (nSPS) is 10.3. The Hall–Kier alpha value is -2.57. The molecule has 0 unspecified atom stereocenters. The number of nitrogens with one attached hydrogen (secondary N) is 1. The zero-order chi connectivity index (χ0) is 14.7. The van der Waals surface area contributed by atoms with E-state index in [0.29, 0.717) is 11.8 Å². The van der Waals surface area contributed by atoms with Gasteiger partial charge in [-0.2, -0.15) is 4.39 Å². The summed E-state index contributed by atoms with van der Waals surface area (Å²) in [5.41, 5.74) is 0.713. The highest BCUT2D eigenvalue weighted by atomic mass is 19.1. The van der Waals surface area contributed by atoms with E-state index in [1.165, 1.54) is 0 Å². The number of pyridine rings is 1. The number of rotatable bonds is 4. The van der Waals surface area contributed by atoms with Crippen molar-refractivity contribution in [1.29, 1.82) is 0 Å². The lowest BCUT2D eigenvalue weighted by molar-refractivity contribution is -0.387. The number of benzene rings is 1. The van der Waals surface area contributed by atoms with E-state index in [1.54, 1.807) is 12.3 Å². The molecule has 104 valence electrons. The Balaban J connectivity index is 2.18. The molecule has 0 aliphatic rings. The van der Waals surface area contributed by atoms with E-state index in [2.05, 4.69) is 10.3 Å². The van der Waals surface area contributed by atoms with E-state index in [1.807, 2.05) is 13.0 Å². The fourth-order valence-corrected chi connectivity index (χ4v) is 1.60. The van der Waals surface area contributed by atoms with Gasteiger partial charge in [-0.1, -0.05) is 6.07 Å². The third-order valence-electron chi connectivity index (χ3n) is 2.67. The average Bonchev–Trinajstić information content (AvgIpc) is 2.39. The number of aromatic nitrogens is 1. The number of nitro groups is 1. The fourth-order valence-electron chi connectivity index (χ4n) is 1.60. The SMILES string of the molecule is Cc1ccc(CNc2cc([N+](=O)[O-])c(F)cc2F)nc1. The van der Waals surface area contributed by atoms with Gasteiger partial charge in [0.05, 0.1) is 22.8 Å². The Morgan fingerprint density at radius 3 is 2.65 bits per heavy atom. The van der Waals surface area contributed by atoms with E-state index in [0.717, 1.165) is 11.6 Å². The molecule has 1 aromatic heterocycles. The van der Waals surface area contributed by atoms with Crippen LogP contribution in [0.5, 0.6) is 0 Å². The van der Waals surface area contributed by atoms with Crippen LogP contribution in [0.1, 0.15) is 11.3 Å². The van der Waals surface area contributed by atoms with Gasteiger partial charge in [-0.3, -0.25) is 15.1 Å². The number of nitro benzene ring substituents is 1. The van der Waals surface area contributed by atoms with Crippen LogP contribution >= 0.6 is 0 Å². The molecule has 2 rings (SSSR count). The summed E-state index contributed by atoms with van der Waals surface area (Å²) in [7, 11) is 0. The second-order valence-corrected chi connectivity index (χ2v) is 4.22. The molecule has 2 aromatic rings. The first-order valence-electron chi connectivity index (χ1n) is 5.76. The molecule has 0 fully saturated rings. The Labute approximate surface area is 113 Å². The summed E-state index contributed by atoms with van der Waals surface area (Å²) in [5, 5.41) is 13.3. The zero-order valence-electron chi connectivity index (χ0n) is 10.6. The van der Waals surface area contributed by atoms with Crippen LogP contribution in [0.2, 0.25) is 0 Å². The lowest BCUT2D eigenvalue weighted by Crippen LogP contribution is -2.05. The van der Waals surface area contributed by atoms with Crippen molar-refractivity contribution < 1.29 is 13.7 Å². The minimum Gasteiger partial charge on any atom is -0.377 e. The van der Waals surface area contributed by atoms with Gasteiger partial charge >= 0.3 is 5.69 Å². The molecule has 1 heterocycles. The number of hydrogen-bond acceptors (Lipinski definition) is 4. The summed E-state index contributed by atoms with van der Waals surface area (Å²) >= 11 is 0. The van der Waals surface area contributed by atoms with E-state index in [4.69, 9.17) is 0 Å². The minimum atomic E-state index is -1.20. The summed E-state index contributed by atoms with van der Waals surface area (Å²) in [5.74, 6) is -2.09. The lowest BCUT2D eigenvalue weighted by Gasteiger charge is -2.07. The minimum absolute atomic E-state index is 0.138. The third kappa shape index (κ3) is 3.05. The maximum Gasteiger partial charge on any atom is 0.307 e. The molecule has 0 bridgehead atoms. The van der Waals surface area contributed by atoms with Gasteiger partial charge in [0.1, 0.15) is 5.82 Å². The Morgan fingerprint density at radius 2 is 2.05 bits per heavy atom. The maximum atomic E-state index is 13.5. The molecule has 20 heavy (non-hydrogen) atoms. The molecular weight excluding hydrogens is 268 g/mol. The number of anilines is 1. The molecule has 0 radical (unpaired) electrons. The number of nitrogens with zero attached hydrogens (tertiary/aromatic N) is 2. The van der Waals surface area contributed by atoms with Crippen LogP contribution in [0.4, 0.5) is 20.2 Å². The Kier molecular flexibility index (Phi) is 3.88. The number of hydrogen-bond donors (Lipinski definition) is 1. The standard InChI is InChI=1S/C13H11F2N3O2/c1-8-2-3-9(16-6-8)7-17-12-5-13(18(19)20)11(15)4-10(12)14/h2-6,17H,7H2,1H3. The molecule has 0 spiro atoms. The van der Waals surface area contributed by atoms with E-state index in [-0.39, 0.29) is 12.2 Å². The van der Waals surface area contributed by atoms with Crippen molar-refractivity contribution in [2.75, 3.05) is 5.32 Å². The molecule has 0 aliphatic carbocycles. The number of halogens is 2. The lowest BCUT2D eigenvalue weighted by atomic mass is 10.2. The second kappa shape index (κ2) is 5.60. The van der Waals surface area contributed by atoms with Crippen LogP contribution < -0.4 is 5.32 Å². The van der Waals surface area contributed by atoms with Crippen LogP contribution in [0, 0.1) is 28.7 Å². The molecule has 5 nitrogen and oxygen atoms in total. The van der Waals surface area contributed by atoms with Crippen LogP contribution in [-0.2, 0) is 6.54 Å². The molecule has 0 saturated carbocycles. The van der Waals surface area contributed by atoms with Gasteiger partial charge in [-0.15, -0.1) is 0 Å². The van der Waals surface area contributed by atoms with Crippen molar-refractivity contribution in [3.8, 4) is 0 Å². The van der Waals surface area contributed by atoms with Crippen LogP contribution in [0.15, 0.2) is 30.5 Å². The van der Waals surface area contributed by atoms with Crippen molar-refractivity contribution in [3.63, 3.8) is 0 Å². The van der Waals surface area contributed by atoms with Gasteiger partial charge in [0.15, 0.2) is 0 Å². The highest BCUT2D eigenvalue weighted by Crippen LogP contribution is 2.25. The summed E-state index contributed by atoms with van der Waals surface area (Å²) in [6.07, 6.45) is 1.65. The smallest absolute Gasteiger partial charge is 0.307 e. The molecule has 0 atom stereocenters. The average molecular weight is 279 g/mol. The molecule has 1 aromatic carbocycles. The van der Waals surface area contributed by atoms with Crippen molar-refractivity contribution in [2.24, 2.45) is 0 Å². The van der Waals surface area contributed by atoms with Crippen LogP contribution in [0.3, 0.4) is 0 Å². The Morgan fingerprint density at radius 1 is 1.30 bits per heavy atom. The van der Waals surface area contributed by atoms with Gasteiger partial charge < -0.3 is 5.32 Å². The van der Waals surface area contributed by atoms with Crippen molar-refractivity contribution >= 4 is 11.4 Å². The predicted molar refractivity (Wildman–Crippen MR) is 69.3 cm³/mol. The van der Waals surface area contributed by atoms with Gasteiger partial charge in [-0.05, 0) is 18.6 Å². The second-order valence-electron chi connectivity index (χ2n) is 4.22. The van der Waals surface area contributed by atoms with Gasteiger partial charge in [0, 0.05) is 18.3 Å². The topological polar surface area (TPSA) is 68.1 Å². The monoisotopic (exact) mass is 279 g/mol. The molecule has 0 saturated heterocycles. The zero-order valence-corrected chi connectivity index (χ0v) is 10.6. The predicted octanol–water partition coefficient (Wildman–Crippen LogP) is 3.19. The first-order chi connectivity index (χ1) is 9.47. The highest BCUT2D eigenvalue weighted by molar-refractivity contribution is 5.53. The summed E-state index contributed by atoms with van der Waals surface area (Å²) in [6.45, 7) is 2.06. The fraction of sp³-hybridized carbons (Fsp3) is 0.154. The molecule has 0 amide bonds. The first-order valence-corrected chi connectivity index (χ1v) is 5.76. The molecule has 1 N–H and O–H groups in total. The van der Waals surface area contributed by atoms with E-state index in [9.17, 15) is 18.9 Å². The van der Waals surface area contributed by atoms with Crippen LogP contribution in [-0.4, -0.2) is 9.91 Å². The van der Waals surface area contributed by atoms with Crippen molar-refractivity contribution in [2.45, 2.75) is 13.5 Å². The van der Waals surface area contributed by atoms with Gasteiger partial charge in [-0.25, -0.2) is 4.39 Å². The Bertz CT molecular complexity index is 645. The van der Waals surface area contributed by atoms with Crippen molar-refractivity contribution in [1.82, 2.24) is 4.98 Å². The maximum absolute atomic E-state index is 13.5. The molecule has 0 aliphatic heterocycles. The molecule has 7 heteroatoms. The first kappa shape index (κ1) is 13.9. The van der Waals surface area contributed by atoms with E-state index >= 15 is 0 Å². The third-order valence-corrected chi connectivity index (χ3v) is 2.67. The van der Waals surface area contributed by atoms with Gasteiger partial charge in [0.25, 0.3) is 0 Å². The van der Waals surface area contributed by atoms with Gasteiger partial charge in [0.2, 0.25) is 5.82 Å². The molecular formula is C13H11F2N3O2. The van der Waals surface area contributed by atoms with E-state index < -0.39 is 22.2 Å². The summed E-state index contributed by atoms with van der Waals surface area (Å²) < 4.78 is 26.7. The van der Waals surface area contributed by atoms with Crippen molar-refractivity contribution in [3.05, 3.63) is 63.5 Å². The quantitative estimate of drug-likeness (QED) is 0.689. The van der Waals surface area contributed by atoms with Crippen LogP contribution in [0.25, 0.3) is 0 Å². The summed E-state index contributed by atoms with van der Waals surface area (Å²) in [4.78, 5) is 13.8. The number of aryl methyl sites for hydroxylation is 1. The largest absolute Gasteiger partial charge is 0.377 e. The highest BCUT2D eigenvalue weighted by Gasteiger charge is 2.18. The summed E-state index contributed by atoms with van der Waals surface area (Å²) in [6, 6.07) is 4.91.